The molecule has 1 aromatic rings. The van der Waals surface area contributed by atoms with Crippen LogP contribution in [0.15, 0.2) is 12.1 Å². The third-order valence-corrected chi connectivity index (χ3v) is 2.17. The Hall–Kier alpha value is -2.18. The maximum absolute atomic E-state index is 13.5. The van der Waals surface area contributed by atoms with E-state index in [2.05, 4.69) is 10.1 Å². The average molecular weight is 258 g/mol. The molecule has 0 aliphatic rings. The molecule has 0 heterocycles. The number of ether oxygens (including phenoxy) is 1. The van der Waals surface area contributed by atoms with Crippen molar-refractivity contribution in [3.8, 4) is 0 Å². The van der Waals surface area contributed by atoms with Crippen LogP contribution in [-0.2, 0) is 9.53 Å². The molecule has 5 nitrogen and oxygen atoms in total. The van der Waals surface area contributed by atoms with Gasteiger partial charge in [0.15, 0.2) is 11.6 Å². The van der Waals surface area contributed by atoms with Crippen molar-refractivity contribution in [1.29, 1.82) is 0 Å². The van der Waals surface area contributed by atoms with E-state index in [9.17, 15) is 18.4 Å². The molecule has 3 N–H and O–H groups in total. The van der Waals surface area contributed by atoms with E-state index in [0.29, 0.717) is 0 Å². The second-order valence-electron chi connectivity index (χ2n) is 3.42. The summed E-state index contributed by atoms with van der Waals surface area (Å²) in [7, 11) is 1.07. The van der Waals surface area contributed by atoms with E-state index < -0.39 is 29.1 Å². The fourth-order valence-corrected chi connectivity index (χ4v) is 1.27. The Morgan fingerprint density at radius 3 is 2.56 bits per heavy atom. The second kappa shape index (κ2) is 5.95. The molecule has 0 fully saturated rings. The lowest BCUT2D eigenvalue weighted by atomic mass is 10.1. The van der Waals surface area contributed by atoms with Crippen LogP contribution in [-0.4, -0.2) is 25.5 Å². The molecule has 0 bridgehead atoms. The van der Waals surface area contributed by atoms with E-state index >= 15 is 0 Å². The maximum atomic E-state index is 13.5. The van der Waals surface area contributed by atoms with Crippen molar-refractivity contribution in [2.75, 3.05) is 19.0 Å². The first kappa shape index (κ1) is 13.9. The van der Waals surface area contributed by atoms with Gasteiger partial charge in [-0.05, 0) is 12.1 Å². The SMILES string of the molecule is COC(=O)c1ccc(NCCC(N)=O)c(F)c1F. The predicted molar refractivity (Wildman–Crippen MR) is 60.0 cm³/mol. The van der Waals surface area contributed by atoms with Crippen molar-refractivity contribution in [3.05, 3.63) is 29.3 Å². The third kappa shape index (κ3) is 3.16. The molecule has 1 amide bonds. The molecule has 0 aliphatic carbocycles. The molecule has 0 saturated heterocycles. The Bertz CT molecular complexity index is 478. The minimum atomic E-state index is -1.30. The molecule has 98 valence electrons. The smallest absolute Gasteiger partial charge is 0.340 e. The topological polar surface area (TPSA) is 81.4 Å². The number of benzene rings is 1. The third-order valence-electron chi connectivity index (χ3n) is 2.17. The summed E-state index contributed by atoms with van der Waals surface area (Å²) in [6, 6.07) is 2.28. The van der Waals surface area contributed by atoms with Gasteiger partial charge in [0, 0.05) is 13.0 Å². The van der Waals surface area contributed by atoms with Gasteiger partial charge in [0.2, 0.25) is 5.91 Å². The van der Waals surface area contributed by atoms with Crippen LogP contribution in [0.2, 0.25) is 0 Å². The number of carbonyl (C=O) groups excluding carboxylic acids is 2. The van der Waals surface area contributed by atoms with Crippen LogP contribution in [0.3, 0.4) is 0 Å². The van der Waals surface area contributed by atoms with Gasteiger partial charge in [0.1, 0.15) is 0 Å². The highest BCUT2D eigenvalue weighted by atomic mass is 19.2. The van der Waals surface area contributed by atoms with Gasteiger partial charge >= 0.3 is 5.97 Å². The Kier molecular flexibility index (Phi) is 4.59. The van der Waals surface area contributed by atoms with E-state index in [1.807, 2.05) is 0 Å². The summed E-state index contributed by atoms with van der Waals surface area (Å²) in [5, 5.41) is 2.50. The number of anilines is 1. The molecule has 0 aliphatic heterocycles. The van der Waals surface area contributed by atoms with E-state index in [1.165, 1.54) is 6.07 Å². The highest BCUT2D eigenvalue weighted by molar-refractivity contribution is 5.90. The Morgan fingerprint density at radius 1 is 1.33 bits per heavy atom. The number of hydrogen-bond acceptors (Lipinski definition) is 4. The zero-order valence-corrected chi connectivity index (χ0v) is 9.63. The van der Waals surface area contributed by atoms with Crippen molar-refractivity contribution < 1.29 is 23.1 Å². The van der Waals surface area contributed by atoms with Crippen LogP contribution in [0.5, 0.6) is 0 Å². The number of esters is 1. The number of rotatable bonds is 5. The van der Waals surface area contributed by atoms with E-state index in [1.54, 1.807) is 0 Å². The molecule has 0 radical (unpaired) electrons. The monoisotopic (exact) mass is 258 g/mol. The van der Waals surface area contributed by atoms with Crippen molar-refractivity contribution in [3.63, 3.8) is 0 Å². The highest BCUT2D eigenvalue weighted by Crippen LogP contribution is 2.21. The van der Waals surface area contributed by atoms with Gasteiger partial charge in [0.25, 0.3) is 0 Å². The van der Waals surface area contributed by atoms with Crippen molar-refractivity contribution in [2.45, 2.75) is 6.42 Å². The molecular weight excluding hydrogens is 246 g/mol. The van der Waals surface area contributed by atoms with Crippen LogP contribution in [0.25, 0.3) is 0 Å². The minimum absolute atomic E-state index is 0.0141. The van der Waals surface area contributed by atoms with E-state index in [0.717, 1.165) is 13.2 Å². The first-order chi connectivity index (χ1) is 8.47. The van der Waals surface area contributed by atoms with Gasteiger partial charge in [-0.25, -0.2) is 13.6 Å². The summed E-state index contributed by atoms with van der Waals surface area (Å²) in [6.45, 7) is 0.0727. The number of primary amides is 1. The number of nitrogens with two attached hydrogens (primary N) is 1. The van der Waals surface area contributed by atoms with Crippen LogP contribution in [0.1, 0.15) is 16.8 Å². The molecular formula is C11H12F2N2O3. The van der Waals surface area contributed by atoms with Crippen LogP contribution < -0.4 is 11.1 Å². The van der Waals surface area contributed by atoms with Gasteiger partial charge in [-0.2, -0.15) is 0 Å². The minimum Gasteiger partial charge on any atom is -0.465 e. The second-order valence-corrected chi connectivity index (χ2v) is 3.42. The molecule has 0 unspecified atom stereocenters. The number of nitrogens with one attached hydrogen (secondary N) is 1. The standard InChI is InChI=1S/C11H12F2N2O3/c1-18-11(17)6-2-3-7(10(13)9(6)12)15-5-4-8(14)16/h2-3,15H,4-5H2,1H3,(H2,14,16). The van der Waals surface area contributed by atoms with Crippen molar-refractivity contribution in [1.82, 2.24) is 0 Å². The first-order valence-corrected chi connectivity index (χ1v) is 5.06. The van der Waals surface area contributed by atoms with Gasteiger partial charge in [-0.3, -0.25) is 4.79 Å². The van der Waals surface area contributed by atoms with E-state index in [-0.39, 0.29) is 18.7 Å². The van der Waals surface area contributed by atoms with Crippen molar-refractivity contribution >= 4 is 17.6 Å². The molecule has 1 aromatic carbocycles. The predicted octanol–water partition coefficient (Wildman–Crippen LogP) is 1.04. The highest BCUT2D eigenvalue weighted by Gasteiger charge is 2.18. The summed E-state index contributed by atoms with van der Waals surface area (Å²) in [5.74, 6) is -4.03. The molecule has 0 saturated carbocycles. The number of halogens is 2. The molecule has 0 atom stereocenters. The Balaban J connectivity index is 2.87. The zero-order valence-electron chi connectivity index (χ0n) is 9.63. The largest absolute Gasteiger partial charge is 0.465 e. The van der Waals surface area contributed by atoms with Gasteiger partial charge in [-0.15, -0.1) is 0 Å². The lowest BCUT2D eigenvalue weighted by Crippen LogP contribution is -2.17. The van der Waals surface area contributed by atoms with Gasteiger partial charge < -0.3 is 15.8 Å². The normalized spacial score (nSPS) is 9.94. The summed E-state index contributed by atoms with van der Waals surface area (Å²) in [6.07, 6.45) is -0.0141. The summed E-state index contributed by atoms with van der Waals surface area (Å²) in [4.78, 5) is 21.6. The van der Waals surface area contributed by atoms with Crippen LogP contribution in [0.4, 0.5) is 14.5 Å². The zero-order chi connectivity index (χ0) is 13.7. The molecule has 7 heteroatoms. The molecule has 18 heavy (non-hydrogen) atoms. The van der Waals surface area contributed by atoms with Crippen LogP contribution in [0, 0.1) is 11.6 Å². The quantitative estimate of drug-likeness (QED) is 0.773. The van der Waals surface area contributed by atoms with Crippen LogP contribution >= 0.6 is 0 Å². The fourth-order valence-electron chi connectivity index (χ4n) is 1.27. The molecule has 1 rings (SSSR count). The number of methoxy groups -OCH3 is 1. The number of amides is 1. The van der Waals surface area contributed by atoms with E-state index in [4.69, 9.17) is 5.73 Å². The number of hydrogen-bond donors (Lipinski definition) is 2. The fraction of sp³-hybridized carbons (Fsp3) is 0.273. The summed E-state index contributed by atoms with van der Waals surface area (Å²) >= 11 is 0. The lowest BCUT2D eigenvalue weighted by molar-refractivity contribution is -0.117. The molecule has 0 spiro atoms. The Labute approximate surface area is 102 Å². The maximum Gasteiger partial charge on any atom is 0.340 e. The van der Waals surface area contributed by atoms with Crippen molar-refractivity contribution in [2.24, 2.45) is 5.73 Å². The lowest BCUT2D eigenvalue weighted by Gasteiger charge is -2.09. The molecule has 0 aromatic heterocycles. The van der Waals surface area contributed by atoms with Gasteiger partial charge in [-0.1, -0.05) is 0 Å². The van der Waals surface area contributed by atoms with Gasteiger partial charge in [0.05, 0.1) is 18.4 Å². The summed E-state index contributed by atoms with van der Waals surface area (Å²) < 4.78 is 31.3. The number of carbonyl (C=O) groups is 2. The Morgan fingerprint density at radius 2 is 2.00 bits per heavy atom. The first-order valence-electron chi connectivity index (χ1n) is 5.06. The average Bonchev–Trinajstić information content (AvgIpc) is 2.33. The summed E-state index contributed by atoms with van der Waals surface area (Å²) in [5.41, 5.74) is 4.26.